The molecule has 0 saturated carbocycles. The fourth-order valence-electron chi connectivity index (χ4n) is 3.54. The molecule has 6 nitrogen and oxygen atoms in total. The number of carbonyl (C=O) groups is 1. The Balaban J connectivity index is 1.54. The third kappa shape index (κ3) is 3.65. The van der Waals surface area contributed by atoms with Crippen molar-refractivity contribution in [2.45, 2.75) is 12.8 Å². The van der Waals surface area contributed by atoms with Crippen LogP contribution in [0.4, 0.5) is 17.1 Å². The molecule has 3 heterocycles. The van der Waals surface area contributed by atoms with Crippen LogP contribution in [0.25, 0.3) is 0 Å². The average Bonchev–Trinajstić information content (AvgIpc) is 3.24. The van der Waals surface area contributed by atoms with E-state index in [1.807, 2.05) is 23.1 Å². The number of ether oxygens (including phenoxy) is 1. The summed E-state index contributed by atoms with van der Waals surface area (Å²) in [4.78, 5) is 21.1. The van der Waals surface area contributed by atoms with Gasteiger partial charge in [0, 0.05) is 32.4 Å². The Bertz CT molecular complexity index is 768. The zero-order chi connectivity index (χ0) is 17.8. The number of likely N-dealkylation sites (tertiary alicyclic amines) is 1. The summed E-state index contributed by atoms with van der Waals surface area (Å²) >= 11 is 0. The van der Waals surface area contributed by atoms with Crippen LogP contribution >= 0.6 is 0 Å². The number of benzene rings is 1. The van der Waals surface area contributed by atoms with E-state index >= 15 is 0 Å². The van der Waals surface area contributed by atoms with Crippen LogP contribution in [0.3, 0.4) is 0 Å². The second kappa shape index (κ2) is 7.74. The summed E-state index contributed by atoms with van der Waals surface area (Å²) in [7, 11) is 0. The summed E-state index contributed by atoms with van der Waals surface area (Å²) in [6, 6.07) is 10.1. The fourth-order valence-corrected chi connectivity index (χ4v) is 3.54. The van der Waals surface area contributed by atoms with Gasteiger partial charge in [-0.05, 0) is 31.0 Å². The zero-order valence-electron chi connectivity index (χ0n) is 14.9. The van der Waals surface area contributed by atoms with E-state index in [1.54, 1.807) is 12.4 Å². The van der Waals surface area contributed by atoms with E-state index in [0.717, 1.165) is 69.3 Å². The van der Waals surface area contributed by atoms with Gasteiger partial charge in [0.25, 0.3) is 5.91 Å². The van der Waals surface area contributed by atoms with Gasteiger partial charge in [-0.1, -0.05) is 12.1 Å². The second-order valence-electron chi connectivity index (χ2n) is 6.70. The van der Waals surface area contributed by atoms with E-state index < -0.39 is 0 Å². The molecule has 26 heavy (non-hydrogen) atoms. The number of pyridine rings is 1. The third-order valence-electron chi connectivity index (χ3n) is 4.91. The molecule has 0 aliphatic carbocycles. The SMILES string of the molecule is O=C(c1cncc(Nc2ccccc2N2CCOCC2)c1)N1CCCC1. The first-order chi connectivity index (χ1) is 12.8. The molecule has 136 valence electrons. The minimum Gasteiger partial charge on any atom is -0.378 e. The molecule has 0 bridgehead atoms. The molecule has 1 aromatic heterocycles. The van der Waals surface area contributed by atoms with Crippen molar-refractivity contribution in [3.63, 3.8) is 0 Å². The maximum absolute atomic E-state index is 12.6. The molecule has 4 rings (SSSR count). The van der Waals surface area contributed by atoms with Crippen molar-refractivity contribution >= 4 is 23.0 Å². The molecule has 1 amide bonds. The highest BCUT2D eigenvalue weighted by molar-refractivity contribution is 5.95. The lowest BCUT2D eigenvalue weighted by Gasteiger charge is -2.30. The van der Waals surface area contributed by atoms with Gasteiger partial charge in [0.2, 0.25) is 0 Å². The minimum absolute atomic E-state index is 0.0696. The van der Waals surface area contributed by atoms with Gasteiger partial charge in [0.15, 0.2) is 0 Å². The standard InChI is InChI=1S/C20H24N4O2/c25-20(24-7-3-4-8-24)16-13-17(15-21-14-16)22-18-5-1-2-6-19(18)23-9-11-26-12-10-23/h1-2,5-6,13-15,22H,3-4,7-12H2. The summed E-state index contributed by atoms with van der Waals surface area (Å²) in [6.45, 7) is 4.94. The van der Waals surface area contributed by atoms with Gasteiger partial charge >= 0.3 is 0 Å². The smallest absolute Gasteiger partial charge is 0.255 e. The number of carbonyl (C=O) groups excluding carboxylic acids is 1. The van der Waals surface area contributed by atoms with Gasteiger partial charge in [-0.3, -0.25) is 9.78 Å². The summed E-state index contributed by atoms with van der Waals surface area (Å²) in [5.41, 5.74) is 3.63. The number of anilines is 3. The Morgan fingerprint density at radius 2 is 1.81 bits per heavy atom. The zero-order valence-corrected chi connectivity index (χ0v) is 14.9. The summed E-state index contributed by atoms with van der Waals surface area (Å²) < 4.78 is 5.46. The lowest BCUT2D eigenvalue weighted by atomic mass is 10.2. The van der Waals surface area contributed by atoms with Crippen molar-refractivity contribution in [2.75, 3.05) is 49.6 Å². The quantitative estimate of drug-likeness (QED) is 0.917. The van der Waals surface area contributed by atoms with Gasteiger partial charge in [0.05, 0.1) is 42.0 Å². The first-order valence-corrected chi connectivity index (χ1v) is 9.24. The van der Waals surface area contributed by atoms with Gasteiger partial charge < -0.3 is 19.9 Å². The molecule has 2 aliphatic heterocycles. The number of nitrogens with one attached hydrogen (secondary N) is 1. The van der Waals surface area contributed by atoms with Crippen molar-refractivity contribution in [1.82, 2.24) is 9.88 Å². The Kier molecular flexibility index (Phi) is 5.02. The van der Waals surface area contributed by atoms with Crippen LogP contribution in [0.15, 0.2) is 42.7 Å². The molecule has 0 unspecified atom stereocenters. The van der Waals surface area contributed by atoms with E-state index in [4.69, 9.17) is 4.74 Å². The van der Waals surface area contributed by atoms with E-state index in [0.29, 0.717) is 5.56 Å². The predicted octanol–water partition coefficient (Wildman–Crippen LogP) is 2.90. The van der Waals surface area contributed by atoms with Gasteiger partial charge in [-0.25, -0.2) is 0 Å². The average molecular weight is 352 g/mol. The molecule has 2 aliphatic rings. The molecular formula is C20H24N4O2. The Morgan fingerprint density at radius 3 is 2.62 bits per heavy atom. The summed E-state index contributed by atoms with van der Waals surface area (Å²) in [6.07, 6.45) is 5.59. The van der Waals surface area contributed by atoms with Crippen LogP contribution in [0.1, 0.15) is 23.2 Å². The van der Waals surface area contributed by atoms with Gasteiger partial charge in [-0.15, -0.1) is 0 Å². The van der Waals surface area contributed by atoms with E-state index in [1.165, 1.54) is 0 Å². The van der Waals surface area contributed by atoms with Crippen LogP contribution < -0.4 is 10.2 Å². The molecule has 1 N–H and O–H groups in total. The Labute approximate surface area is 153 Å². The molecule has 0 atom stereocenters. The lowest BCUT2D eigenvalue weighted by molar-refractivity contribution is 0.0792. The van der Waals surface area contributed by atoms with E-state index in [9.17, 15) is 4.79 Å². The first-order valence-electron chi connectivity index (χ1n) is 9.24. The van der Waals surface area contributed by atoms with Crippen LogP contribution in [-0.4, -0.2) is 55.2 Å². The van der Waals surface area contributed by atoms with Crippen molar-refractivity contribution in [2.24, 2.45) is 0 Å². The van der Waals surface area contributed by atoms with Crippen molar-refractivity contribution < 1.29 is 9.53 Å². The fraction of sp³-hybridized carbons (Fsp3) is 0.400. The predicted molar refractivity (Wildman–Crippen MR) is 102 cm³/mol. The number of nitrogens with zero attached hydrogens (tertiary/aromatic N) is 3. The van der Waals surface area contributed by atoms with Gasteiger partial charge in [0.1, 0.15) is 0 Å². The monoisotopic (exact) mass is 352 g/mol. The van der Waals surface area contributed by atoms with Crippen LogP contribution in [0.5, 0.6) is 0 Å². The highest BCUT2D eigenvalue weighted by atomic mass is 16.5. The van der Waals surface area contributed by atoms with E-state index in [-0.39, 0.29) is 5.91 Å². The topological polar surface area (TPSA) is 57.7 Å². The van der Waals surface area contributed by atoms with E-state index in [2.05, 4.69) is 27.3 Å². The van der Waals surface area contributed by atoms with Gasteiger partial charge in [-0.2, -0.15) is 0 Å². The number of amides is 1. The summed E-state index contributed by atoms with van der Waals surface area (Å²) in [5, 5.41) is 3.44. The highest BCUT2D eigenvalue weighted by Crippen LogP contribution is 2.29. The highest BCUT2D eigenvalue weighted by Gasteiger charge is 2.20. The normalized spacial score (nSPS) is 17.4. The number of para-hydroxylation sites is 2. The molecule has 2 fully saturated rings. The Morgan fingerprint density at radius 1 is 1.04 bits per heavy atom. The number of hydrogen-bond donors (Lipinski definition) is 1. The molecule has 6 heteroatoms. The second-order valence-corrected chi connectivity index (χ2v) is 6.70. The van der Waals surface area contributed by atoms with Crippen molar-refractivity contribution in [3.05, 3.63) is 48.3 Å². The maximum Gasteiger partial charge on any atom is 0.255 e. The van der Waals surface area contributed by atoms with Crippen LogP contribution in [0.2, 0.25) is 0 Å². The Hall–Kier alpha value is -2.60. The van der Waals surface area contributed by atoms with Crippen molar-refractivity contribution in [3.8, 4) is 0 Å². The maximum atomic E-state index is 12.6. The first kappa shape index (κ1) is 16.8. The molecular weight excluding hydrogens is 328 g/mol. The minimum atomic E-state index is 0.0696. The van der Waals surface area contributed by atoms with Crippen LogP contribution in [-0.2, 0) is 4.74 Å². The van der Waals surface area contributed by atoms with Crippen molar-refractivity contribution in [1.29, 1.82) is 0 Å². The number of rotatable bonds is 4. The molecule has 1 aromatic carbocycles. The molecule has 2 saturated heterocycles. The molecule has 0 radical (unpaired) electrons. The number of hydrogen-bond acceptors (Lipinski definition) is 5. The van der Waals surface area contributed by atoms with Crippen LogP contribution in [0, 0.1) is 0 Å². The molecule has 0 spiro atoms. The third-order valence-corrected chi connectivity index (χ3v) is 4.91. The molecule has 2 aromatic rings. The largest absolute Gasteiger partial charge is 0.378 e. The lowest BCUT2D eigenvalue weighted by Crippen LogP contribution is -2.36. The summed E-state index contributed by atoms with van der Waals surface area (Å²) in [5.74, 6) is 0.0696. The number of aromatic nitrogens is 1. The number of morpholine rings is 1.